The number of Topliss-reactive ketones (excluding diaryl/α,β-unsaturated/α-hetero) is 1. The van der Waals surface area contributed by atoms with E-state index < -0.39 is 17.7 Å². The van der Waals surface area contributed by atoms with Crippen LogP contribution in [0.1, 0.15) is 35.4 Å². The maximum atomic E-state index is 13.2. The maximum Gasteiger partial charge on any atom is 0.301 e. The topological polar surface area (TPSA) is 102 Å². The first-order chi connectivity index (χ1) is 15.8. The third-order valence-electron chi connectivity index (χ3n) is 5.44. The number of hydrogen-bond donors (Lipinski definition) is 1. The van der Waals surface area contributed by atoms with Gasteiger partial charge in [-0.05, 0) is 38.5 Å². The molecule has 1 atom stereocenters. The summed E-state index contributed by atoms with van der Waals surface area (Å²) in [5.41, 5.74) is 1.93. The van der Waals surface area contributed by atoms with Gasteiger partial charge in [-0.3, -0.25) is 14.5 Å². The quantitative estimate of drug-likeness (QED) is 0.340. The van der Waals surface area contributed by atoms with Crippen LogP contribution >= 0.6 is 0 Å². The van der Waals surface area contributed by atoms with Gasteiger partial charge in [0, 0.05) is 11.6 Å². The second-order valence-electron chi connectivity index (χ2n) is 7.67. The highest BCUT2D eigenvalue weighted by atomic mass is 16.5. The van der Waals surface area contributed by atoms with Crippen molar-refractivity contribution < 1.29 is 28.7 Å². The zero-order valence-corrected chi connectivity index (χ0v) is 18.8. The van der Waals surface area contributed by atoms with E-state index in [4.69, 9.17) is 14.0 Å². The first-order valence-electron chi connectivity index (χ1n) is 10.5. The van der Waals surface area contributed by atoms with Crippen molar-refractivity contribution in [2.75, 3.05) is 18.6 Å². The number of amides is 1. The van der Waals surface area contributed by atoms with E-state index in [0.717, 1.165) is 5.56 Å². The van der Waals surface area contributed by atoms with Gasteiger partial charge in [0.2, 0.25) is 0 Å². The molecule has 0 bridgehead atoms. The number of aryl methyl sites for hydroxylation is 2. The van der Waals surface area contributed by atoms with Crippen LogP contribution in [0.5, 0.6) is 11.5 Å². The Bertz CT molecular complexity index is 1240. The number of carbonyl (C=O) groups excluding carboxylic acids is 2. The molecule has 3 aromatic rings. The Morgan fingerprint density at radius 3 is 2.42 bits per heavy atom. The highest BCUT2D eigenvalue weighted by molar-refractivity contribution is 6.51. The average Bonchev–Trinajstić information content (AvgIpc) is 3.35. The Labute approximate surface area is 191 Å². The molecular formula is C25H24N2O6. The minimum absolute atomic E-state index is 0.0456. The standard InChI is InChI=1S/C25H24N2O6/c1-5-32-18-11-10-17(13-19(18)31-4)22-21(23(28)16-8-6-14(2)7-9-16)24(29)25(30)27(22)20-12-15(3)33-26-20/h6-13,22,28H,5H2,1-4H3/b23-21+/t22-/m1/s1. The SMILES string of the molecule is CCOc1ccc([C@@H]2/C(=C(\O)c3ccc(C)cc3)C(=O)C(=O)N2c2cc(C)on2)cc1OC. The Hall–Kier alpha value is -4.07. The first kappa shape index (κ1) is 22.1. The molecule has 4 rings (SSSR count). The fourth-order valence-electron chi connectivity index (χ4n) is 3.85. The number of methoxy groups -OCH3 is 1. The van der Waals surface area contributed by atoms with Crippen LogP contribution in [0.4, 0.5) is 5.82 Å². The van der Waals surface area contributed by atoms with Crippen molar-refractivity contribution in [3.05, 3.63) is 76.6 Å². The molecule has 1 amide bonds. The molecule has 0 aliphatic carbocycles. The lowest BCUT2D eigenvalue weighted by Crippen LogP contribution is -2.29. The molecule has 1 aromatic heterocycles. The smallest absolute Gasteiger partial charge is 0.301 e. The van der Waals surface area contributed by atoms with E-state index in [1.807, 2.05) is 26.0 Å². The van der Waals surface area contributed by atoms with E-state index >= 15 is 0 Å². The van der Waals surface area contributed by atoms with Gasteiger partial charge in [0.25, 0.3) is 5.78 Å². The highest BCUT2D eigenvalue weighted by Crippen LogP contribution is 2.43. The number of ketones is 1. The summed E-state index contributed by atoms with van der Waals surface area (Å²) in [6.45, 7) is 5.91. The number of aromatic nitrogens is 1. The van der Waals surface area contributed by atoms with Gasteiger partial charge in [0.15, 0.2) is 17.3 Å². The molecule has 1 aliphatic heterocycles. The monoisotopic (exact) mass is 448 g/mol. The molecule has 0 spiro atoms. The molecule has 1 saturated heterocycles. The number of carbonyl (C=O) groups is 2. The summed E-state index contributed by atoms with van der Waals surface area (Å²) >= 11 is 0. The van der Waals surface area contributed by atoms with Crippen LogP contribution in [0, 0.1) is 13.8 Å². The van der Waals surface area contributed by atoms with E-state index in [1.165, 1.54) is 12.0 Å². The highest BCUT2D eigenvalue weighted by Gasteiger charge is 2.48. The zero-order valence-electron chi connectivity index (χ0n) is 18.8. The summed E-state index contributed by atoms with van der Waals surface area (Å²) < 4.78 is 16.2. The molecule has 33 heavy (non-hydrogen) atoms. The number of aliphatic hydroxyl groups is 1. The Morgan fingerprint density at radius 2 is 1.82 bits per heavy atom. The molecule has 1 aliphatic rings. The number of rotatable bonds is 6. The summed E-state index contributed by atoms with van der Waals surface area (Å²) in [6.07, 6.45) is 0. The van der Waals surface area contributed by atoms with Crippen molar-refractivity contribution in [1.82, 2.24) is 5.16 Å². The summed E-state index contributed by atoms with van der Waals surface area (Å²) in [5.74, 6) is -0.276. The van der Waals surface area contributed by atoms with Crippen molar-refractivity contribution in [3.8, 4) is 11.5 Å². The average molecular weight is 448 g/mol. The first-order valence-corrected chi connectivity index (χ1v) is 10.5. The third kappa shape index (κ3) is 3.95. The molecule has 0 unspecified atom stereocenters. The molecule has 8 nitrogen and oxygen atoms in total. The second kappa shape index (κ2) is 8.82. The fourth-order valence-corrected chi connectivity index (χ4v) is 3.85. The molecule has 0 radical (unpaired) electrons. The lowest BCUT2D eigenvalue weighted by Gasteiger charge is -2.23. The van der Waals surface area contributed by atoms with Crippen molar-refractivity contribution in [2.45, 2.75) is 26.8 Å². The predicted octanol–water partition coefficient (Wildman–Crippen LogP) is 4.33. The molecular weight excluding hydrogens is 424 g/mol. The summed E-state index contributed by atoms with van der Waals surface area (Å²) in [6, 6.07) is 12.8. The predicted molar refractivity (Wildman–Crippen MR) is 121 cm³/mol. The number of aliphatic hydroxyl groups excluding tert-OH is 1. The largest absolute Gasteiger partial charge is 0.507 e. The minimum atomic E-state index is -0.944. The molecule has 2 heterocycles. The van der Waals surface area contributed by atoms with Gasteiger partial charge in [-0.1, -0.05) is 41.1 Å². The van der Waals surface area contributed by atoms with E-state index in [0.29, 0.717) is 35.0 Å². The van der Waals surface area contributed by atoms with Crippen LogP contribution in [-0.2, 0) is 9.59 Å². The van der Waals surface area contributed by atoms with Gasteiger partial charge in [-0.15, -0.1) is 0 Å². The van der Waals surface area contributed by atoms with Crippen molar-refractivity contribution in [1.29, 1.82) is 0 Å². The Morgan fingerprint density at radius 1 is 1.09 bits per heavy atom. The van der Waals surface area contributed by atoms with Crippen molar-refractivity contribution >= 4 is 23.3 Å². The Kier molecular flexibility index (Phi) is 5.91. The van der Waals surface area contributed by atoms with Crippen LogP contribution in [0.15, 0.2) is 58.6 Å². The lowest BCUT2D eigenvalue weighted by atomic mass is 9.94. The van der Waals surface area contributed by atoms with Crippen LogP contribution in [-0.4, -0.2) is 35.7 Å². The van der Waals surface area contributed by atoms with Gasteiger partial charge < -0.3 is 19.1 Å². The number of hydrogen-bond acceptors (Lipinski definition) is 7. The van der Waals surface area contributed by atoms with Crippen LogP contribution in [0.2, 0.25) is 0 Å². The molecule has 0 saturated carbocycles. The molecule has 8 heteroatoms. The lowest BCUT2D eigenvalue weighted by molar-refractivity contribution is -0.132. The van der Waals surface area contributed by atoms with Gasteiger partial charge in [0.05, 0.1) is 25.3 Å². The summed E-state index contributed by atoms with van der Waals surface area (Å²) in [7, 11) is 1.51. The second-order valence-corrected chi connectivity index (χ2v) is 7.67. The van der Waals surface area contributed by atoms with Crippen molar-refractivity contribution in [2.24, 2.45) is 0 Å². The minimum Gasteiger partial charge on any atom is -0.507 e. The summed E-state index contributed by atoms with van der Waals surface area (Å²) in [4.78, 5) is 27.5. The van der Waals surface area contributed by atoms with Gasteiger partial charge in [-0.25, -0.2) is 0 Å². The number of benzene rings is 2. The van der Waals surface area contributed by atoms with E-state index in [-0.39, 0.29) is 17.2 Å². The van der Waals surface area contributed by atoms with E-state index in [1.54, 1.807) is 43.3 Å². The molecule has 1 N–H and O–H groups in total. The zero-order chi connectivity index (χ0) is 23.7. The number of nitrogens with zero attached hydrogens (tertiary/aromatic N) is 2. The van der Waals surface area contributed by atoms with Crippen molar-refractivity contribution in [3.63, 3.8) is 0 Å². The molecule has 1 fully saturated rings. The Balaban J connectivity index is 1.93. The fraction of sp³-hybridized carbons (Fsp3) is 0.240. The van der Waals surface area contributed by atoms with E-state index in [2.05, 4.69) is 5.16 Å². The van der Waals surface area contributed by atoms with Gasteiger partial charge in [-0.2, -0.15) is 0 Å². The van der Waals surface area contributed by atoms with E-state index in [9.17, 15) is 14.7 Å². The number of anilines is 1. The normalized spacial score (nSPS) is 17.5. The van der Waals surface area contributed by atoms with Crippen LogP contribution in [0.3, 0.4) is 0 Å². The number of ether oxygens (including phenoxy) is 2. The third-order valence-corrected chi connectivity index (χ3v) is 5.44. The van der Waals surface area contributed by atoms with Crippen LogP contribution in [0.25, 0.3) is 5.76 Å². The van der Waals surface area contributed by atoms with Gasteiger partial charge in [0.1, 0.15) is 11.5 Å². The van der Waals surface area contributed by atoms with Gasteiger partial charge >= 0.3 is 5.91 Å². The maximum absolute atomic E-state index is 13.2. The molecule has 170 valence electrons. The van der Waals surface area contributed by atoms with Crippen LogP contribution < -0.4 is 14.4 Å². The molecule has 2 aromatic carbocycles. The summed E-state index contributed by atoms with van der Waals surface area (Å²) in [5, 5.41) is 15.1.